The van der Waals surface area contributed by atoms with Gasteiger partial charge in [0.25, 0.3) is 5.91 Å². The molecule has 252 valence electrons. The van der Waals surface area contributed by atoms with E-state index in [2.05, 4.69) is 0 Å². The molecule has 0 radical (unpaired) electrons. The number of nitrogens with two attached hydrogens (primary N) is 1. The van der Waals surface area contributed by atoms with Crippen LogP contribution in [0.2, 0.25) is 0 Å². The van der Waals surface area contributed by atoms with Crippen molar-refractivity contribution in [1.82, 2.24) is 4.90 Å². The first kappa shape index (κ1) is 33.3. The van der Waals surface area contributed by atoms with E-state index < -0.39 is 17.5 Å². The summed E-state index contributed by atoms with van der Waals surface area (Å²) in [6.45, 7) is 5.19. The van der Waals surface area contributed by atoms with Crippen molar-refractivity contribution in [3.63, 3.8) is 0 Å². The molecule has 10 heteroatoms. The van der Waals surface area contributed by atoms with Crippen molar-refractivity contribution < 1.29 is 38.5 Å². The Morgan fingerprint density at radius 3 is 2.16 bits per heavy atom. The number of allylic oxidation sites excluding steroid dienone is 5. The van der Waals surface area contributed by atoms with Gasteiger partial charge in [0.1, 0.15) is 22.9 Å². The molecule has 10 nitrogen and oxygen atoms in total. The molecule has 2 heterocycles. The fraction of sp³-hybridized carbons (Fsp3) is 0.282. The number of hydrogen-bond donors (Lipinski definition) is 2. The first-order valence-corrected chi connectivity index (χ1v) is 16.4. The first-order valence-electron chi connectivity index (χ1n) is 16.4. The molecule has 2 fully saturated rings. The molecule has 3 N–H and O–H groups in total. The van der Waals surface area contributed by atoms with Crippen molar-refractivity contribution >= 4 is 29.1 Å². The third kappa shape index (κ3) is 6.85. The van der Waals surface area contributed by atoms with Crippen LogP contribution in [0, 0.1) is 0 Å². The second-order valence-electron chi connectivity index (χ2n) is 12.3. The number of carbonyl (C=O) groups is 4. The third-order valence-corrected chi connectivity index (χ3v) is 9.15. The summed E-state index contributed by atoms with van der Waals surface area (Å²) in [7, 11) is 0. The number of primary amides is 1. The van der Waals surface area contributed by atoms with Crippen molar-refractivity contribution in [3.8, 4) is 22.6 Å². The van der Waals surface area contributed by atoms with Crippen molar-refractivity contribution in [2.75, 3.05) is 26.3 Å². The zero-order chi connectivity index (χ0) is 34.7. The number of likely N-dealkylation sites (tertiary alicyclic amines) is 1. The molecule has 1 spiro atoms. The van der Waals surface area contributed by atoms with Gasteiger partial charge < -0.3 is 30.0 Å². The van der Waals surface area contributed by atoms with Gasteiger partial charge >= 0.3 is 5.97 Å². The van der Waals surface area contributed by atoms with Crippen LogP contribution in [0.4, 0.5) is 0 Å². The fourth-order valence-corrected chi connectivity index (χ4v) is 6.63. The topological polar surface area (TPSA) is 145 Å². The highest BCUT2D eigenvalue weighted by atomic mass is 16.5. The summed E-state index contributed by atoms with van der Waals surface area (Å²) in [6, 6.07) is 17.0. The van der Waals surface area contributed by atoms with Gasteiger partial charge in [-0.2, -0.15) is 0 Å². The number of Topliss-reactive ketones (excluding diaryl/α,β-unsaturated/α-hetero) is 1. The monoisotopic (exact) mass is 662 g/mol. The smallest absolute Gasteiger partial charge is 0.335 e. The van der Waals surface area contributed by atoms with E-state index in [1.807, 2.05) is 38.1 Å². The van der Waals surface area contributed by atoms with Gasteiger partial charge in [-0.3, -0.25) is 14.4 Å². The molecule has 3 aromatic carbocycles. The number of amides is 2. The van der Waals surface area contributed by atoms with Crippen molar-refractivity contribution in [3.05, 3.63) is 112 Å². The van der Waals surface area contributed by atoms with Gasteiger partial charge in [0.15, 0.2) is 5.78 Å². The molecule has 2 aliphatic heterocycles. The number of nitrogens with zero attached hydrogens (tertiary/aromatic N) is 1. The van der Waals surface area contributed by atoms with Crippen LogP contribution < -0.4 is 15.2 Å². The number of carboxylic acid groups (broad SMARTS) is 1. The quantitative estimate of drug-likeness (QED) is 0.275. The molecule has 0 unspecified atom stereocenters. The lowest BCUT2D eigenvalue weighted by molar-refractivity contribution is -0.129. The predicted octanol–water partition coefficient (Wildman–Crippen LogP) is 6.21. The van der Waals surface area contributed by atoms with Gasteiger partial charge in [-0.25, -0.2) is 4.79 Å². The molecular weight excluding hydrogens is 624 g/mol. The van der Waals surface area contributed by atoms with Crippen LogP contribution in [0.3, 0.4) is 0 Å². The molecule has 0 bridgehead atoms. The molecule has 49 heavy (non-hydrogen) atoms. The largest absolute Gasteiger partial charge is 0.493 e. The second kappa shape index (κ2) is 13.8. The Balaban J connectivity index is 1.21. The Kier molecular flexibility index (Phi) is 9.40. The molecule has 2 amide bonds. The predicted molar refractivity (Wildman–Crippen MR) is 183 cm³/mol. The Morgan fingerprint density at radius 2 is 1.55 bits per heavy atom. The Hall–Kier alpha value is -5.64. The number of rotatable bonds is 9. The summed E-state index contributed by atoms with van der Waals surface area (Å²) in [6.07, 6.45) is 7.31. The van der Waals surface area contributed by atoms with Gasteiger partial charge in [0.05, 0.1) is 36.3 Å². The maximum absolute atomic E-state index is 13.9. The van der Waals surface area contributed by atoms with Crippen LogP contribution in [-0.4, -0.2) is 65.5 Å². The van der Waals surface area contributed by atoms with E-state index in [1.54, 1.807) is 47.4 Å². The number of piperidine rings is 1. The molecule has 0 atom stereocenters. The van der Waals surface area contributed by atoms with E-state index >= 15 is 0 Å². The minimum absolute atomic E-state index is 0.00695. The molecule has 3 aliphatic rings. The Bertz CT molecular complexity index is 1890. The van der Waals surface area contributed by atoms with Crippen LogP contribution in [0.15, 0.2) is 90.2 Å². The molecule has 0 saturated carbocycles. The normalized spacial score (nSPS) is 16.7. The number of benzene rings is 3. The van der Waals surface area contributed by atoms with E-state index in [4.69, 9.17) is 19.9 Å². The molecular formula is C39H38N2O8. The molecule has 1 aliphatic carbocycles. The van der Waals surface area contributed by atoms with E-state index in [0.717, 1.165) is 11.1 Å². The SMILES string of the molecule is CCOc1cc(C(=O)N2CCC3(CC2)CC(=O)C2=CCC(c4cccc(C(N)=O)c4)=CC=C2O3)cc(OCC)c1-c1ccc(C(=O)O)cc1. The van der Waals surface area contributed by atoms with E-state index in [-0.39, 0.29) is 23.7 Å². The van der Waals surface area contributed by atoms with Crippen LogP contribution in [-0.2, 0) is 9.53 Å². The number of carbonyl (C=O) groups excluding carboxylic acids is 3. The first-order chi connectivity index (χ1) is 23.6. The second-order valence-corrected chi connectivity index (χ2v) is 12.3. The van der Waals surface area contributed by atoms with Crippen molar-refractivity contribution in [2.45, 2.75) is 45.1 Å². The van der Waals surface area contributed by atoms with Gasteiger partial charge in [-0.05, 0) is 79.4 Å². The van der Waals surface area contributed by atoms with Crippen LogP contribution in [0.5, 0.6) is 11.5 Å². The van der Waals surface area contributed by atoms with Crippen molar-refractivity contribution in [1.29, 1.82) is 0 Å². The Labute approximate surface area is 284 Å². The summed E-state index contributed by atoms with van der Waals surface area (Å²) >= 11 is 0. The van der Waals surface area contributed by atoms with Crippen molar-refractivity contribution in [2.24, 2.45) is 5.73 Å². The lowest BCUT2D eigenvalue weighted by Gasteiger charge is -2.44. The molecule has 0 aromatic heterocycles. The zero-order valence-corrected chi connectivity index (χ0v) is 27.5. The summed E-state index contributed by atoms with van der Waals surface area (Å²) in [5, 5.41) is 9.34. The van der Waals surface area contributed by atoms with Gasteiger partial charge in [-0.15, -0.1) is 0 Å². The minimum atomic E-state index is -1.02. The highest BCUT2D eigenvalue weighted by Crippen LogP contribution is 2.43. The van der Waals surface area contributed by atoms with Crippen LogP contribution in [0.25, 0.3) is 16.7 Å². The van der Waals surface area contributed by atoms with E-state index in [0.29, 0.717) is 90.7 Å². The Morgan fingerprint density at radius 1 is 0.878 bits per heavy atom. The fourth-order valence-electron chi connectivity index (χ4n) is 6.63. The lowest BCUT2D eigenvalue weighted by Crippen LogP contribution is -2.51. The zero-order valence-electron chi connectivity index (χ0n) is 27.5. The number of hydrogen-bond acceptors (Lipinski definition) is 7. The van der Waals surface area contributed by atoms with E-state index in [1.165, 1.54) is 12.1 Å². The molecule has 3 aromatic rings. The number of aromatic carboxylic acids is 1. The maximum Gasteiger partial charge on any atom is 0.335 e. The number of carboxylic acids is 1. The summed E-state index contributed by atoms with van der Waals surface area (Å²) in [5.74, 6) is -0.262. The average molecular weight is 663 g/mol. The number of ether oxygens (including phenoxy) is 3. The van der Waals surface area contributed by atoms with Crippen LogP contribution >= 0.6 is 0 Å². The highest BCUT2D eigenvalue weighted by molar-refractivity contribution is 6.02. The van der Waals surface area contributed by atoms with Crippen LogP contribution in [0.1, 0.15) is 76.2 Å². The van der Waals surface area contributed by atoms with Gasteiger partial charge in [0.2, 0.25) is 5.91 Å². The summed E-state index contributed by atoms with van der Waals surface area (Å²) in [5.41, 5.74) is 9.42. The lowest BCUT2D eigenvalue weighted by atomic mass is 9.81. The molecule has 6 rings (SSSR count). The van der Waals surface area contributed by atoms with E-state index in [9.17, 15) is 24.3 Å². The van der Waals surface area contributed by atoms with Gasteiger partial charge in [0, 0.05) is 37.1 Å². The number of ketones is 1. The molecule has 2 saturated heterocycles. The third-order valence-electron chi connectivity index (χ3n) is 9.15. The standard InChI is InChI=1S/C39H38N2O8/c1-3-47-33-21-29(22-34(48-4-2)35(33)25-8-10-26(11-9-25)38(45)46)37(44)41-18-16-39(17-19-41)23-31(42)30-14-12-24(13-15-32(30)49-39)27-6-5-7-28(20-27)36(40)43/h5-11,13-15,20-22H,3-4,12,16-19,23H2,1-2H3,(H2,40,43)(H,45,46). The minimum Gasteiger partial charge on any atom is -0.493 e. The average Bonchev–Trinajstić information content (AvgIpc) is 3.31. The summed E-state index contributed by atoms with van der Waals surface area (Å²) in [4.78, 5) is 52.2. The summed E-state index contributed by atoms with van der Waals surface area (Å²) < 4.78 is 18.6. The maximum atomic E-state index is 13.9. The highest BCUT2D eigenvalue weighted by Gasteiger charge is 2.45. The number of fused-ring (bicyclic) bond motifs is 1. The van der Waals surface area contributed by atoms with Gasteiger partial charge in [-0.1, -0.05) is 36.4 Å².